The van der Waals surface area contributed by atoms with E-state index in [9.17, 15) is 28.8 Å². The number of ketones is 1. The molecule has 2 saturated heterocycles. The molecule has 0 bridgehead atoms. The van der Waals surface area contributed by atoms with Crippen molar-refractivity contribution in [3.8, 4) is 0 Å². The van der Waals surface area contributed by atoms with E-state index < -0.39 is 53.2 Å². The van der Waals surface area contributed by atoms with Gasteiger partial charge in [0.15, 0.2) is 0 Å². The Labute approximate surface area is 272 Å². The molecular weight excluding hydrogens is 590 g/mol. The number of nitrogens with two attached hydrogens (primary N) is 1. The first-order valence-corrected chi connectivity index (χ1v) is 16.8. The molecule has 2 saturated carbocycles. The number of hydrogen-bond acceptors (Lipinski definition) is 6. The van der Waals surface area contributed by atoms with Crippen LogP contribution in [0.25, 0.3) is 0 Å². The van der Waals surface area contributed by atoms with Gasteiger partial charge in [-0.2, -0.15) is 0 Å². The first-order valence-electron chi connectivity index (χ1n) is 16.8. The molecule has 2 heterocycles. The minimum absolute atomic E-state index is 0.0829. The van der Waals surface area contributed by atoms with Gasteiger partial charge in [-0.05, 0) is 46.8 Å². The van der Waals surface area contributed by atoms with Gasteiger partial charge in [0.1, 0.15) is 12.1 Å². The average Bonchev–Trinajstić information content (AvgIpc) is 3.24. The van der Waals surface area contributed by atoms with E-state index in [2.05, 4.69) is 35.1 Å². The summed E-state index contributed by atoms with van der Waals surface area (Å²) in [5.41, 5.74) is 4.05. The fourth-order valence-corrected chi connectivity index (χ4v) is 7.29. The molecule has 46 heavy (non-hydrogen) atoms. The molecule has 0 spiro atoms. The minimum atomic E-state index is -1.09. The van der Waals surface area contributed by atoms with Crippen LogP contribution in [-0.2, 0) is 19.2 Å². The van der Waals surface area contributed by atoms with Gasteiger partial charge in [-0.25, -0.2) is 9.59 Å². The molecule has 0 aromatic heterocycles. The van der Waals surface area contributed by atoms with Crippen LogP contribution in [0, 0.1) is 34.0 Å². The van der Waals surface area contributed by atoms with Crippen molar-refractivity contribution in [3.63, 3.8) is 0 Å². The van der Waals surface area contributed by atoms with Crippen LogP contribution in [0.2, 0.25) is 0 Å². The molecule has 0 aromatic carbocycles. The van der Waals surface area contributed by atoms with Gasteiger partial charge in [0.05, 0.1) is 12.1 Å². The van der Waals surface area contributed by atoms with Crippen LogP contribution in [0.3, 0.4) is 0 Å². The number of Topliss-reactive ketones (excluding diaryl/α,β-unsaturated/α-hetero) is 1. The summed E-state index contributed by atoms with van der Waals surface area (Å²) < 4.78 is 0. The number of rotatable bonds is 11. The summed E-state index contributed by atoms with van der Waals surface area (Å²) in [4.78, 5) is 82.0. The van der Waals surface area contributed by atoms with E-state index in [1.807, 2.05) is 41.5 Å². The molecule has 7 amide bonds. The second-order valence-corrected chi connectivity index (χ2v) is 16.6. The van der Waals surface area contributed by atoms with Gasteiger partial charge < -0.3 is 36.8 Å². The van der Waals surface area contributed by atoms with E-state index in [-0.39, 0.29) is 40.5 Å². The van der Waals surface area contributed by atoms with E-state index in [0.717, 1.165) is 25.7 Å². The highest BCUT2D eigenvalue weighted by atomic mass is 16.2. The van der Waals surface area contributed by atoms with Gasteiger partial charge >= 0.3 is 12.1 Å². The normalized spacial score (nSPS) is 26.1. The van der Waals surface area contributed by atoms with Crippen LogP contribution in [0.1, 0.15) is 87.5 Å². The summed E-state index contributed by atoms with van der Waals surface area (Å²) in [7, 11) is 0. The lowest BCUT2D eigenvalue weighted by atomic mass is 9.80. The summed E-state index contributed by atoms with van der Waals surface area (Å²) in [6.45, 7) is 17.5. The Morgan fingerprint density at radius 3 is 2.15 bits per heavy atom. The minimum Gasteiger partial charge on any atom is -0.363 e. The Balaban J connectivity index is 1.51. The first-order chi connectivity index (χ1) is 21.2. The SMILES string of the molecule is CC(C)(C)[C@H](NC(=O)N[C@H](CN1CCCNC1=O)C(C)(C)C)C(=O)N1C[C@H]2C([C@H]1C(=O)NC(CC1CCC1)C(=O)C(N)=O)C2(C)C. The Hall–Kier alpha value is -3.38. The maximum atomic E-state index is 14.3. The van der Waals surface area contributed by atoms with E-state index in [0.29, 0.717) is 32.6 Å². The maximum Gasteiger partial charge on any atom is 0.317 e. The number of carbonyl (C=O) groups excluding carboxylic acids is 6. The molecule has 13 nitrogen and oxygen atoms in total. The summed E-state index contributed by atoms with van der Waals surface area (Å²) in [5.74, 6) is -2.59. The van der Waals surface area contributed by atoms with Gasteiger partial charge in [0, 0.05) is 26.2 Å². The third kappa shape index (κ3) is 7.60. The van der Waals surface area contributed by atoms with E-state index in [4.69, 9.17) is 5.73 Å². The molecule has 4 rings (SSSR count). The van der Waals surface area contributed by atoms with Crippen molar-refractivity contribution in [2.45, 2.75) is 112 Å². The first kappa shape index (κ1) is 35.5. The second-order valence-electron chi connectivity index (χ2n) is 16.6. The van der Waals surface area contributed by atoms with Gasteiger partial charge in [0.25, 0.3) is 5.91 Å². The molecule has 2 aliphatic carbocycles. The predicted octanol–water partition coefficient (Wildman–Crippen LogP) is 1.74. The fourth-order valence-electron chi connectivity index (χ4n) is 7.29. The monoisotopic (exact) mass is 645 g/mol. The van der Waals surface area contributed by atoms with Gasteiger partial charge in [-0.3, -0.25) is 19.2 Å². The number of amides is 7. The summed E-state index contributed by atoms with van der Waals surface area (Å²) >= 11 is 0. The van der Waals surface area contributed by atoms with E-state index >= 15 is 0 Å². The second kappa shape index (κ2) is 13.0. The molecule has 258 valence electrons. The van der Waals surface area contributed by atoms with Crippen LogP contribution < -0.4 is 27.0 Å². The maximum absolute atomic E-state index is 14.3. The average molecular weight is 646 g/mol. The van der Waals surface area contributed by atoms with Crippen molar-refractivity contribution in [2.75, 3.05) is 26.2 Å². The van der Waals surface area contributed by atoms with Crippen molar-refractivity contribution < 1.29 is 28.8 Å². The van der Waals surface area contributed by atoms with Crippen molar-refractivity contribution in [1.29, 1.82) is 0 Å². The van der Waals surface area contributed by atoms with Crippen molar-refractivity contribution in [3.05, 3.63) is 0 Å². The molecule has 6 atom stereocenters. The molecular formula is C33H55N7O6. The lowest BCUT2D eigenvalue weighted by Crippen LogP contribution is -2.63. The number of hydrogen-bond donors (Lipinski definition) is 5. The predicted molar refractivity (Wildman–Crippen MR) is 172 cm³/mol. The highest BCUT2D eigenvalue weighted by Crippen LogP contribution is 2.65. The Morgan fingerprint density at radius 1 is 0.978 bits per heavy atom. The van der Waals surface area contributed by atoms with Crippen LogP contribution in [0.4, 0.5) is 9.59 Å². The highest BCUT2D eigenvalue weighted by molar-refractivity contribution is 6.37. The molecule has 6 N–H and O–H groups in total. The third-order valence-electron chi connectivity index (χ3n) is 10.7. The standard InChI is InChI=1S/C33H55N7O6/c1-31(2,3)21(17-39-14-10-13-35-30(39)46)37-29(45)38-25(32(4,5)6)28(44)40-16-19-22(33(19,7)8)23(40)27(43)36-20(24(41)26(34)42)15-18-11-9-12-18/h18-23,25H,9-17H2,1-8H3,(H2,34,42)(H,35,46)(H,36,43)(H2,37,38,45)/t19-,20?,21+,22?,23-,25+/m0/s1. The number of likely N-dealkylation sites (tertiary alicyclic amines) is 1. The van der Waals surface area contributed by atoms with Crippen molar-refractivity contribution in [1.82, 2.24) is 31.1 Å². The molecule has 2 unspecified atom stereocenters. The number of nitrogens with zero attached hydrogens (tertiary/aromatic N) is 2. The zero-order chi connectivity index (χ0) is 34.4. The number of piperidine rings is 1. The summed E-state index contributed by atoms with van der Waals surface area (Å²) in [6, 6.07) is -3.97. The zero-order valence-corrected chi connectivity index (χ0v) is 28.8. The van der Waals surface area contributed by atoms with Crippen molar-refractivity contribution >= 4 is 35.6 Å². The van der Waals surface area contributed by atoms with Crippen molar-refractivity contribution in [2.24, 2.45) is 39.7 Å². The Kier molecular flexibility index (Phi) is 10.0. The molecule has 0 aromatic rings. The van der Waals surface area contributed by atoms with Crippen LogP contribution >= 0.6 is 0 Å². The topological polar surface area (TPSA) is 183 Å². The number of fused-ring (bicyclic) bond motifs is 1. The largest absolute Gasteiger partial charge is 0.363 e. The van der Waals surface area contributed by atoms with Crippen LogP contribution in [0.5, 0.6) is 0 Å². The van der Waals surface area contributed by atoms with E-state index in [1.54, 1.807) is 9.80 Å². The van der Waals surface area contributed by atoms with Crippen LogP contribution in [-0.4, -0.2) is 95.7 Å². The molecule has 4 aliphatic rings. The number of urea groups is 2. The molecule has 13 heteroatoms. The van der Waals surface area contributed by atoms with Gasteiger partial charge in [-0.15, -0.1) is 0 Å². The lowest BCUT2D eigenvalue weighted by molar-refractivity contribution is -0.145. The molecule has 0 radical (unpaired) electrons. The van der Waals surface area contributed by atoms with Gasteiger partial charge in [0.2, 0.25) is 17.6 Å². The smallest absolute Gasteiger partial charge is 0.317 e. The molecule has 4 fully saturated rings. The third-order valence-corrected chi connectivity index (χ3v) is 10.7. The Morgan fingerprint density at radius 2 is 1.63 bits per heavy atom. The van der Waals surface area contributed by atoms with Gasteiger partial charge in [-0.1, -0.05) is 74.7 Å². The highest BCUT2D eigenvalue weighted by Gasteiger charge is 2.70. The number of carbonyl (C=O) groups is 6. The Bertz CT molecular complexity index is 1230. The fraction of sp³-hybridized carbons (Fsp3) is 0.818. The lowest BCUT2D eigenvalue weighted by Gasteiger charge is -2.40. The zero-order valence-electron chi connectivity index (χ0n) is 28.8. The number of nitrogens with one attached hydrogen (secondary N) is 4. The van der Waals surface area contributed by atoms with E-state index in [1.165, 1.54) is 0 Å². The quantitative estimate of drug-likeness (QED) is 0.213. The summed E-state index contributed by atoms with van der Waals surface area (Å²) in [6.07, 6.45) is 4.04. The molecule has 2 aliphatic heterocycles. The number of primary amides is 1. The summed E-state index contributed by atoms with van der Waals surface area (Å²) in [5, 5.41) is 11.6. The van der Waals surface area contributed by atoms with Crippen LogP contribution in [0.15, 0.2) is 0 Å².